The first-order chi connectivity index (χ1) is 11.7. The number of hydrogen-bond donors (Lipinski definition) is 0. The third-order valence-corrected chi connectivity index (χ3v) is 5.13. The fourth-order valence-corrected chi connectivity index (χ4v) is 3.68. The topological polar surface area (TPSA) is 50.7 Å². The van der Waals surface area contributed by atoms with E-state index in [4.69, 9.17) is 9.47 Å². The van der Waals surface area contributed by atoms with Crippen LogP contribution in [-0.4, -0.2) is 54.7 Å². The second-order valence-corrected chi connectivity index (χ2v) is 6.65. The summed E-state index contributed by atoms with van der Waals surface area (Å²) in [6, 6.07) is 6.03. The molecule has 1 saturated heterocycles. The van der Waals surface area contributed by atoms with E-state index in [-0.39, 0.29) is 0 Å². The van der Waals surface area contributed by atoms with Gasteiger partial charge in [-0.1, -0.05) is 6.07 Å². The second-order valence-electron chi connectivity index (χ2n) is 5.92. The van der Waals surface area contributed by atoms with Crippen molar-refractivity contribution in [1.82, 2.24) is 14.3 Å². The van der Waals surface area contributed by atoms with Crippen molar-refractivity contribution in [1.29, 1.82) is 0 Å². The predicted molar refractivity (Wildman–Crippen MR) is 96.3 cm³/mol. The monoisotopic (exact) mass is 348 g/mol. The average Bonchev–Trinajstić information content (AvgIpc) is 2.90. The Morgan fingerprint density at radius 1 is 1.12 bits per heavy atom. The van der Waals surface area contributed by atoms with Gasteiger partial charge in [0.15, 0.2) is 0 Å². The van der Waals surface area contributed by atoms with E-state index >= 15 is 0 Å². The molecule has 0 aliphatic carbocycles. The Morgan fingerprint density at radius 2 is 2.00 bits per heavy atom. The number of rotatable bonds is 5. The van der Waals surface area contributed by atoms with Crippen LogP contribution in [0.2, 0.25) is 0 Å². The maximum Gasteiger partial charge on any atom is 0.205 e. The van der Waals surface area contributed by atoms with Gasteiger partial charge in [0.05, 0.1) is 14.2 Å². The Kier molecular flexibility index (Phi) is 5.52. The summed E-state index contributed by atoms with van der Waals surface area (Å²) >= 11 is 1.49. The third kappa shape index (κ3) is 3.96. The van der Waals surface area contributed by atoms with Crippen LogP contribution < -0.4 is 14.4 Å². The van der Waals surface area contributed by atoms with E-state index in [0.717, 1.165) is 61.6 Å². The van der Waals surface area contributed by atoms with Crippen molar-refractivity contribution in [2.24, 2.45) is 0 Å². The largest absolute Gasteiger partial charge is 0.497 e. The first kappa shape index (κ1) is 17.0. The fourth-order valence-electron chi connectivity index (χ4n) is 2.96. The van der Waals surface area contributed by atoms with E-state index in [1.165, 1.54) is 17.1 Å². The van der Waals surface area contributed by atoms with E-state index in [0.29, 0.717) is 0 Å². The van der Waals surface area contributed by atoms with Crippen molar-refractivity contribution in [3.05, 3.63) is 29.6 Å². The van der Waals surface area contributed by atoms with E-state index < -0.39 is 0 Å². The van der Waals surface area contributed by atoms with Gasteiger partial charge in [0, 0.05) is 55.9 Å². The zero-order chi connectivity index (χ0) is 16.9. The molecular weight excluding hydrogens is 324 g/mol. The molecule has 2 aromatic rings. The van der Waals surface area contributed by atoms with E-state index in [9.17, 15) is 0 Å². The van der Waals surface area contributed by atoms with Crippen molar-refractivity contribution in [3.63, 3.8) is 0 Å². The van der Waals surface area contributed by atoms with Gasteiger partial charge in [-0.15, -0.1) is 0 Å². The molecule has 6 nitrogen and oxygen atoms in total. The summed E-state index contributed by atoms with van der Waals surface area (Å²) in [5.41, 5.74) is 1.19. The first-order valence-corrected chi connectivity index (χ1v) is 8.95. The minimum Gasteiger partial charge on any atom is -0.497 e. The van der Waals surface area contributed by atoms with Gasteiger partial charge in [0.2, 0.25) is 5.13 Å². The van der Waals surface area contributed by atoms with Crippen LogP contribution in [0.25, 0.3) is 0 Å². The molecule has 130 valence electrons. The van der Waals surface area contributed by atoms with Crippen LogP contribution in [0.1, 0.15) is 17.8 Å². The lowest BCUT2D eigenvalue weighted by Crippen LogP contribution is -2.30. The van der Waals surface area contributed by atoms with Gasteiger partial charge in [-0.3, -0.25) is 4.90 Å². The predicted octanol–water partition coefficient (Wildman–Crippen LogP) is 2.58. The summed E-state index contributed by atoms with van der Waals surface area (Å²) in [6.45, 7) is 6.92. The lowest BCUT2D eigenvalue weighted by Gasteiger charge is -2.22. The Morgan fingerprint density at radius 3 is 2.71 bits per heavy atom. The Labute approximate surface area is 147 Å². The molecule has 0 spiro atoms. The second kappa shape index (κ2) is 7.81. The molecule has 0 bridgehead atoms. The maximum absolute atomic E-state index is 5.52. The van der Waals surface area contributed by atoms with E-state index in [1.807, 2.05) is 19.1 Å². The molecule has 0 saturated carbocycles. The molecule has 3 rings (SSSR count). The molecule has 0 unspecified atom stereocenters. The van der Waals surface area contributed by atoms with Crippen LogP contribution in [0.3, 0.4) is 0 Å². The van der Waals surface area contributed by atoms with Crippen molar-refractivity contribution < 1.29 is 9.47 Å². The van der Waals surface area contributed by atoms with Gasteiger partial charge in [0.1, 0.15) is 17.3 Å². The molecular formula is C17H24N4O2S. The fraction of sp³-hybridized carbons (Fsp3) is 0.529. The number of benzene rings is 1. The van der Waals surface area contributed by atoms with Gasteiger partial charge in [-0.25, -0.2) is 4.98 Å². The van der Waals surface area contributed by atoms with Crippen LogP contribution in [-0.2, 0) is 6.54 Å². The molecule has 7 heteroatoms. The maximum atomic E-state index is 5.52. The molecule has 0 N–H and O–H groups in total. The van der Waals surface area contributed by atoms with Crippen molar-refractivity contribution >= 4 is 16.7 Å². The van der Waals surface area contributed by atoms with Gasteiger partial charge < -0.3 is 14.4 Å². The number of hydrogen-bond acceptors (Lipinski definition) is 7. The van der Waals surface area contributed by atoms with Crippen molar-refractivity contribution in [2.45, 2.75) is 19.9 Å². The summed E-state index contributed by atoms with van der Waals surface area (Å²) in [5, 5.41) is 1.04. The number of anilines is 1. The lowest BCUT2D eigenvalue weighted by molar-refractivity contribution is 0.279. The molecule has 1 aliphatic rings. The van der Waals surface area contributed by atoms with Crippen LogP contribution >= 0.6 is 11.5 Å². The van der Waals surface area contributed by atoms with Crippen LogP contribution in [0, 0.1) is 6.92 Å². The molecule has 0 amide bonds. The SMILES string of the molecule is COc1ccc(CN2CCCN(c3nc(C)ns3)CC2)c(OC)c1. The first-order valence-electron chi connectivity index (χ1n) is 8.18. The van der Waals surface area contributed by atoms with Gasteiger partial charge >= 0.3 is 0 Å². The summed E-state index contributed by atoms with van der Waals surface area (Å²) in [6.07, 6.45) is 1.12. The van der Waals surface area contributed by atoms with Crippen LogP contribution in [0.15, 0.2) is 18.2 Å². The quantitative estimate of drug-likeness (QED) is 0.828. The molecule has 1 aromatic heterocycles. The van der Waals surface area contributed by atoms with Gasteiger partial charge in [-0.2, -0.15) is 4.37 Å². The summed E-state index contributed by atoms with van der Waals surface area (Å²) < 4.78 is 15.1. The van der Waals surface area contributed by atoms with Gasteiger partial charge in [0.25, 0.3) is 0 Å². The molecule has 1 fully saturated rings. The third-order valence-electron chi connectivity index (χ3n) is 4.26. The highest BCUT2D eigenvalue weighted by Crippen LogP contribution is 2.26. The zero-order valence-electron chi connectivity index (χ0n) is 14.5. The van der Waals surface area contributed by atoms with Crippen LogP contribution in [0.4, 0.5) is 5.13 Å². The number of aromatic nitrogens is 2. The minimum atomic E-state index is 0.823. The number of ether oxygens (including phenoxy) is 2. The average molecular weight is 348 g/mol. The molecule has 1 aliphatic heterocycles. The molecule has 24 heavy (non-hydrogen) atoms. The normalized spacial score (nSPS) is 16.0. The van der Waals surface area contributed by atoms with Gasteiger partial charge in [-0.05, 0) is 19.4 Å². The summed E-state index contributed by atoms with van der Waals surface area (Å²) in [7, 11) is 3.38. The Bertz CT molecular complexity index is 676. The smallest absolute Gasteiger partial charge is 0.205 e. The van der Waals surface area contributed by atoms with Crippen LogP contribution in [0.5, 0.6) is 11.5 Å². The molecule has 0 atom stereocenters. The molecule has 0 radical (unpaired) electrons. The number of methoxy groups -OCH3 is 2. The standard InChI is InChI=1S/C17H24N4O2S/c1-13-18-17(24-19-13)21-8-4-7-20(9-10-21)12-14-5-6-15(22-2)11-16(14)23-3/h5-6,11H,4,7-10,12H2,1-3H3. The highest BCUT2D eigenvalue weighted by Gasteiger charge is 2.19. The van der Waals surface area contributed by atoms with E-state index in [1.54, 1.807) is 14.2 Å². The Balaban J connectivity index is 1.64. The summed E-state index contributed by atoms with van der Waals surface area (Å²) in [5.74, 6) is 2.57. The lowest BCUT2D eigenvalue weighted by atomic mass is 10.1. The Hall–Kier alpha value is -1.86. The summed E-state index contributed by atoms with van der Waals surface area (Å²) in [4.78, 5) is 9.33. The minimum absolute atomic E-state index is 0.823. The highest BCUT2D eigenvalue weighted by molar-refractivity contribution is 7.09. The number of nitrogens with zero attached hydrogens (tertiary/aromatic N) is 4. The van der Waals surface area contributed by atoms with Crippen molar-refractivity contribution in [3.8, 4) is 11.5 Å². The highest BCUT2D eigenvalue weighted by atomic mass is 32.1. The number of aryl methyl sites for hydroxylation is 1. The molecule has 1 aromatic carbocycles. The van der Waals surface area contributed by atoms with Crippen molar-refractivity contribution in [2.75, 3.05) is 45.3 Å². The molecule has 2 heterocycles. The zero-order valence-corrected chi connectivity index (χ0v) is 15.3. The van der Waals surface area contributed by atoms with E-state index in [2.05, 4.69) is 25.2 Å².